The zero-order valence-corrected chi connectivity index (χ0v) is 9.74. The van der Waals surface area contributed by atoms with E-state index in [2.05, 4.69) is 25.9 Å². The highest BCUT2D eigenvalue weighted by Crippen LogP contribution is 2.26. The van der Waals surface area contributed by atoms with E-state index >= 15 is 0 Å². The molecule has 2 nitrogen and oxygen atoms in total. The van der Waals surface area contributed by atoms with E-state index in [1.807, 2.05) is 20.8 Å². The molecule has 0 bridgehead atoms. The predicted molar refractivity (Wildman–Crippen MR) is 53.1 cm³/mol. The molecule has 0 unspecified atom stereocenters. The molecule has 13 heavy (non-hydrogen) atoms. The van der Waals surface area contributed by atoms with Gasteiger partial charge in [-0.25, -0.2) is 14.4 Å². The Morgan fingerprint density at radius 1 is 1.23 bits per heavy atom. The number of aromatic nitrogens is 2. The van der Waals surface area contributed by atoms with Crippen LogP contribution in [0.15, 0.2) is 4.60 Å². The fourth-order valence-electron chi connectivity index (χ4n) is 1.02. The molecular weight excluding hydrogens is 235 g/mol. The quantitative estimate of drug-likeness (QED) is 0.658. The van der Waals surface area contributed by atoms with Gasteiger partial charge < -0.3 is 0 Å². The standard InChI is InChI=1S/C9H12BrFN2/c1-5-12-7(9(2,3)4)6(11)8(10)13-5/h1-4H3. The number of hydrogen-bond donors (Lipinski definition) is 0. The van der Waals surface area contributed by atoms with Crippen LogP contribution in [-0.2, 0) is 5.41 Å². The predicted octanol–water partition coefficient (Wildman–Crippen LogP) is 2.98. The topological polar surface area (TPSA) is 25.8 Å². The Balaban J connectivity index is 3.37. The highest BCUT2D eigenvalue weighted by Gasteiger charge is 2.22. The van der Waals surface area contributed by atoms with E-state index in [9.17, 15) is 4.39 Å². The molecular formula is C9H12BrFN2. The molecule has 1 heterocycles. The highest BCUT2D eigenvalue weighted by molar-refractivity contribution is 9.10. The summed E-state index contributed by atoms with van der Waals surface area (Å²) in [6.07, 6.45) is 0. The molecule has 1 rings (SSSR count). The van der Waals surface area contributed by atoms with Crippen molar-refractivity contribution < 1.29 is 4.39 Å². The third-order valence-electron chi connectivity index (χ3n) is 1.63. The number of nitrogens with zero attached hydrogens (tertiary/aromatic N) is 2. The molecule has 0 aliphatic rings. The van der Waals surface area contributed by atoms with Crippen molar-refractivity contribution in [1.29, 1.82) is 0 Å². The number of hydrogen-bond acceptors (Lipinski definition) is 2. The molecule has 1 aromatic rings. The van der Waals surface area contributed by atoms with Gasteiger partial charge in [-0.1, -0.05) is 20.8 Å². The maximum atomic E-state index is 13.5. The van der Waals surface area contributed by atoms with Crippen molar-refractivity contribution in [2.45, 2.75) is 33.1 Å². The van der Waals surface area contributed by atoms with Crippen molar-refractivity contribution in [2.75, 3.05) is 0 Å². The first-order valence-corrected chi connectivity index (χ1v) is 4.82. The van der Waals surface area contributed by atoms with E-state index in [1.165, 1.54) is 0 Å². The van der Waals surface area contributed by atoms with Gasteiger partial charge in [0.15, 0.2) is 5.82 Å². The molecule has 0 aliphatic carbocycles. The second-order valence-corrected chi connectivity index (χ2v) is 4.73. The molecule has 0 aliphatic heterocycles. The van der Waals surface area contributed by atoms with Crippen LogP contribution in [0.4, 0.5) is 4.39 Å². The summed E-state index contributed by atoms with van der Waals surface area (Å²) in [4.78, 5) is 7.97. The Morgan fingerprint density at radius 3 is 2.23 bits per heavy atom. The van der Waals surface area contributed by atoms with E-state index in [-0.39, 0.29) is 15.8 Å². The first-order chi connectivity index (χ1) is 5.82. The second-order valence-electron chi connectivity index (χ2n) is 3.97. The minimum Gasteiger partial charge on any atom is -0.235 e. The van der Waals surface area contributed by atoms with Crippen molar-refractivity contribution in [3.8, 4) is 0 Å². The summed E-state index contributed by atoms with van der Waals surface area (Å²) < 4.78 is 13.7. The molecule has 0 radical (unpaired) electrons. The summed E-state index contributed by atoms with van der Waals surface area (Å²) >= 11 is 3.06. The van der Waals surface area contributed by atoms with E-state index in [0.717, 1.165) is 0 Å². The Morgan fingerprint density at radius 2 is 1.77 bits per heavy atom. The lowest BCUT2D eigenvalue weighted by atomic mass is 9.91. The van der Waals surface area contributed by atoms with Crippen LogP contribution in [-0.4, -0.2) is 9.97 Å². The van der Waals surface area contributed by atoms with Crippen LogP contribution in [0.5, 0.6) is 0 Å². The average Bonchev–Trinajstić information content (AvgIpc) is 1.94. The lowest BCUT2D eigenvalue weighted by Gasteiger charge is -2.18. The Hall–Kier alpha value is -0.510. The Bertz CT molecular complexity index is 331. The Labute approximate surface area is 85.7 Å². The highest BCUT2D eigenvalue weighted by atomic mass is 79.9. The zero-order valence-electron chi connectivity index (χ0n) is 8.15. The van der Waals surface area contributed by atoms with E-state index in [0.29, 0.717) is 11.5 Å². The maximum Gasteiger partial charge on any atom is 0.177 e. The molecule has 0 atom stereocenters. The minimum atomic E-state index is -0.363. The van der Waals surface area contributed by atoms with Crippen LogP contribution in [0, 0.1) is 12.7 Å². The summed E-state index contributed by atoms with van der Waals surface area (Å²) in [5, 5.41) is 0. The maximum absolute atomic E-state index is 13.5. The van der Waals surface area contributed by atoms with Gasteiger partial charge in [-0.2, -0.15) is 0 Å². The summed E-state index contributed by atoms with van der Waals surface area (Å²) in [7, 11) is 0. The van der Waals surface area contributed by atoms with E-state index in [4.69, 9.17) is 0 Å². The van der Waals surface area contributed by atoms with Gasteiger partial charge in [0.2, 0.25) is 0 Å². The van der Waals surface area contributed by atoms with Crippen LogP contribution < -0.4 is 0 Å². The summed E-state index contributed by atoms with van der Waals surface area (Å²) in [6.45, 7) is 7.51. The lowest BCUT2D eigenvalue weighted by Crippen LogP contribution is -2.17. The normalized spacial score (nSPS) is 11.8. The summed E-state index contributed by atoms with van der Waals surface area (Å²) in [6, 6.07) is 0. The van der Waals surface area contributed by atoms with Gasteiger partial charge >= 0.3 is 0 Å². The van der Waals surface area contributed by atoms with Crippen molar-refractivity contribution >= 4 is 15.9 Å². The first-order valence-electron chi connectivity index (χ1n) is 4.02. The second kappa shape index (κ2) is 3.33. The molecule has 4 heteroatoms. The van der Waals surface area contributed by atoms with Crippen LogP contribution in [0.3, 0.4) is 0 Å². The molecule has 0 fully saturated rings. The number of aryl methyl sites for hydroxylation is 1. The van der Waals surface area contributed by atoms with Gasteiger partial charge in [0.1, 0.15) is 10.4 Å². The molecule has 0 saturated heterocycles. The SMILES string of the molecule is Cc1nc(Br)c(F)c(C(C)(C)C)n1. The van der Waals surface area contributed by atoms with Crippen LogP contribution in [0.25, 0.3) is 0 Å². The molecule has 1 aromatic heterocycles. The third-order valence-corrected chi connectivity index (χ3v) is 2.16. The van der Waals surface area contributed by atoms with E-state index in [1.54, 1.807) is 6.92 Å². The van der Waals surface area contributed by atoms with Crippen LogP contribution in [0.2, 0.25) is 0 Å². The largest absolute Gasteiger partial charge is 0.235 e. The summed E-state index contributed by atoms with van der Waals surface area (Å²) in [5.41, 5.74) is 0.159. The Kier molecular flexibility index (Phi) is 2.71. The smallest absolute Gasteiger partial charge is 0.177 e. The van der Waals surface area contributed by atoms with Crippen molar-refractivity contribution in [2.24, 2.45) is 0 Å². The van der Waals surface area contributed by atoms with Gasteiger partial charge in [-0.3, -0.25) is 0 Å². The van der Waals surface area contributed by atoms with Crippen molar-refractivity contribution in [3.63, 3.8) is 0 Å². The fourth-order valence-corrected chi connectivity index (χ4v) is 1.47. The van der Waals surface area contributed by atoms with Gasteiger partial charge in [-0.05, 0) is 22.9 Å². The van der Waals surface area contributed by atoms with Crippen LogP contribution in [0.1, 0.15) is 32.3 Å². The minimum absolute atomic E-state index is 0.241. The number of rotatable bonds is 0. The first kappa shape index (κ1) is 10.6. The molecule has 0 N–H and O–H groups in total. The summed E-state index contributed by atoms with van der Waals surface area (Å²) in [5.74, 6) is 0.219. The molecule has 72 valence electrons. The van der Waals surface area contributed by atoms with Gasteiger partial charge in [0.25, 0.3) is 0 Å². The molecule has 0 saturated carbocycles. The third kappa shape index (κ3) is 2.24. The molecule has 0 amide bonds. The van der Waals surface area contributed by atoms with Crippen LogP contribution >= 0.6 is 15.9 Å². The fraction of sp³-hybridized carbons (Fsp3) is 0.556. The van der Waals surface area contributed by atoms with E-state index < -0.39 is 0 Å². The molecule has 0 aromatic carbocycles. The van der Waals surface area contributed by atoms with Gasteiger partial charge in [-0.15, -0.1) is 0 Å². The van der Waals surface area contributed by atoms with Gasteiger partial charge in [0.05, 0.1) is 5.69 Å². The van der Waals surface area contributed by atoms with Gasteiger partial charge in [0, 0.05) is 5.41 Å². The zero-order chi connectivity index (χ0) is 10.2. The lowest BCUT2D eigenvalue weighted by molar-refractivity contribution is 0.490. The van der Waals surface area contributed by atoms with Crippen molar-refractivity contribution in [3.05, 3.63) is 21.9 Å². The van der Waals surface area contributed by atoms with Crippen molar-refractivity contribution in [1.82, 2.24) is 9.97 Å². The molecule has 0 spiro atoms. The average molecular weight is 247 g/mol. The monoisotopic (exact) mass is 246 g/mol. The number of halogens is 2.